The number of carbonyl (C=O) groups is 1. The van der Waals surface area contributed by atoms with Gasteiger partial charge in [0.2, 0.25) is 5.91 Å². The van der Waals surface area contributed by atoms with Crippen molar-refractivity contribution in [1.29, 1.82) is 0 Å². The molecule has 0 bridgehead atoms. The number of piperidine rings is 1. The molecule has 0 saturated carbocycles. The van der Waals surface area contributed by atoms with Crippen LogP contribution in [0.2, 0.25) is 0 Å². The molecule has 2 atom stereocenters. The zero-order chi connectivity index (χ0) is 19.7. The van der Waals surface area contributed by atoms with E-state index in [1.165, 1.54) is 0 Å². The predicted octanol–water partition coefficient (Wildman–Crippen LogP) is 2.39. The van der Waals surface area contributed by atoms with Gasteiger partial charge in [0.25, 0.3) is 0 Å². The number of carbonyl (C=O) groups excluding carboxylic acids is 1. The van der Waals surface area contributed by atoms with Crippen LogP contribution < -0.4 is 10.4 Å². The number of pyridine rings is 1. The van der Waals surface area contributed by atoms with Gasteiger partial charge in [-0.05, 0) is 42.2 Å². The van der Waals surface area contributed by atoms with E-state index in [0.29, 0.717) is 25.2 Å². The van der Waals surface area contributed by atoms with E-state index in [9.17, 15) is 9.59 Å². The van der Waals surface area contributed by atoms with Crippen LogP contribution in [0.5, 0.6) is 5.75 Å². The summed E-state index contributed by atoms with van der Waals surface area (Å²) in [4.78, 5) is 34.4. The van der Waals surface area contributed by atoms with E-state index < -0.39 is 0 Å². The first-order chi connectivity index (χ1) is 13.6. The number of benzene rings is 1. The van der Waals surface area contributed by atoms with Crippen LogP contribution in [0.4, 0.5) is 0 Å². The molecule has 1 aliphatic rings. The van der Waals surface area contributed by atoms with Gasteiger partial charge in [-0.1, -0.05) is 19.1 Å². The summed E-state index contributed by atoms with van der Waals surface area (Å²) in [6, 6.07) is 11.2. The van der Waals surface area contributed by atoms with Gasteiger partial charge < -0.3 is 9.64 Å². The molecule has 7 nitrogen and oxygen atoms in total. The van der Waals surface area contributed by atoms with E-state index in [-0.39, 0.29) is 23.6 Å². The van der Waals surface area contributed by atoms with Gasteiger partial charge in [0.05, 0.1) is 25.1 Å². The normalized spacial score (nSPS) is 19.7. The second kappa shape index (κ2) is 7.50. The fourth-order valence-electron chi connectivity index (χ4n) is 3.97. The van der Waals surface area contributed by atoms with Crippen LogP contribution in [0.25, 0.3) is 11.2 Å². The number of H-pyrrole nitrogens is 1. The molecule has 4 rings (SSSR count). The Labute approximate surface area is 163 Å². The number of imidazole rings is 1. The highest BCUT2D eigenvalue weighted by molar-refractivity contribution is 5.79. The van der Waals surface area contributed by atoms with Gasteiger partial charge in [0.1, 0.15) is 5.75 Å². The maximum absolute atomic E-state index is 12.9. The van der Waals surface area contributed by atoms with Crippen LogP contribution in [-0.4, -0.2) is 45.5 Å². The van der Waals surface area contributed by atoms with Crippen LogP contribution in [0.15, 0.2) is 47.4 Å². The minimum absolute atomic E-state index is 0.0659. The van der Waals surface area contributed by atoms with Crippen LogP contribution in [0, 0.1) is 5.92 Å². The number of rotatable bonds is 4. The lowest BCUT2D eigenvalue weighted by atomic mass is 9.92. The minimum Gasteiger partial charge on any atom is -0.497 e. The number of likely N-dealkylation sites (tertiary alicyclic amines) is 1. The minimum atomic E-state index is -0.173. The zero-order valence-electron chi connectivity index (χ0n) is 16.1. The summed E-state index contributed by atoms with van der Waals surface area (Å²) in [5.74, 6) is 1.10. The van der Waals surface area contributed by atoms with Crippen molar-refractivity contribution in [2.75, 3.05) is 20.2 Å². The number of amides is 1. The van der Waals surface area contributed by atoms with Gasteiger partial charge in [0, 0.05) is 19.3 Å². The summed E-state index contributed by atoms with van der Waals surface area (Å²) >= 11 is 0. The number of nitrogens with zero attached hydrogens (tertiary/aromatic N) is 3. The Bertz CT molecular complexity index is 1050. The van der Waals surface area contributed by atoms with Crippen LogP contribution in [0.3, 0.4) is 0 Å². The molecule has 0 unspecified atom stereocenters. The summed E-state index contributed by atoms with van der Waals surface area (Å²) in [5, 5.41) is 0. The Hall–Kier alpha value is -3.09. The third-order valence-corrected chi connectivity index (χ3v) is 5.58. The largest absolute Gasteiger partial charge is 0.497 e. The Kier molecular flexibility index (Phi) is 4.90. The quantitative estimate of drug-likeness (QED) is 0.754. The smallest absolute Gasteiger partial charge is 0.328 e. The van der Waals surface area contributed by atoms with Gasteiger partial charge in [-0.15, -0.1) is 0 Å². The second-order valence-electron chi connectivity index (χ2n) is 7.37. The number of hydrogen-bond donors (Lipinski definition) is 1. The van der Waals surface area contributed by atoms with E-state index in [2.05, 4.69) is 16.9 Å². The van der Waals surface area contributed by atoms with Gasteiger partial charge in [-0.3, -0.25) is 14.3 Å². The first kappa shape index (κ1) is 18.3. The highest BCUT2D eigenvalue weighted by atomic mass is 16.5. The highest BCUT2D eigenvalue weighted by Crippen LogP contribution is 2.29. The number of fused-ring (bicyclic) bond motifs is 1. The Morgan fingerprint density at radius 2 is 2.18 bits per heavy atom. The van der Waals surface area contributed by atoms with Gasteiger partial charge in [-0.25, -0.2) is 9.78 Å². The van der Waals surface area contributed by atoms with Crippen molar-refractivity contribution in [2.45, 2.75) is 25.8 Å². The molecule has 28 heavy (non-hydrogen) atoms. The van der Waals surface area contributed by atoms with Gasteiger partial charge >= 0.3 is 5.69 Å². The number of hydrogen-bond acceptors (Lipinski definition) is 4. The van der Waals surface area contributed by atoms with Crippen LogP contribution in [0.1, 0.15) is 24.9 Å². The molecule has 1 N–H and O–H groups in total. The third-order valence-electron chi connectivity index (χ3n) is 5.58. The SMILES string of the molecule is COc1cccc(CC(=O)N2CC[C@H](C)[C@H](n3c(=O)[nH]c4ncccc43)C2)c1. The Balaban J connectivity index is 1.57. The van der Waals surface area contributed by atoms with E-state index in [1.807, 2.05) is 41.3 Å². The number of nitrogens with one attached hydrogen (secondary N) is 1. The first-order valence-corrected chi connectivity index (χ1v) is 9.52. The molecule has 1 amide bonds. The summed E-state index contributed by atoms with van der Waals surface area (Å²) in [7, 11) is 1.62. The molecule has 1 aliphatic heterocycles. The van der Waals surface area contributed by atoms with E-state index >= 15 is 0 Å². The molecule has 1 fully saturated rings. The standard InChI is InChI=1S/C21H24N4O3/c1-14-8-10-24(19(26)12-15-5-3-6-16(11-15)28-2)13-18(14)25-17-7-4-9-22-20(17)23-21(25)27/h3-7,9,11,14,18H,8,10,12-13H2,1-2H3,(H,22,23,27)/t14-,18+/m0/s1. The number of methoxy groups -OCH3 is 1. The Morgan fingerprint density at radius 3 is 3.00 bits per heavy atom. The summed E-state index contributed by atoms with van der Waals surface area (Å²) < 4.78 is 7.01. The molecular formula is C21H24N4O3. The van der Waals surface area contributed by atoms with Crippen molar-refractivity contribution < 1.29 is 9.53 Å². The third kappa shape index (κ3) is 3.40. The maximum Gasteiger partial charge on any atom is 0.328 e. The number of aromatic nitrogens is 3. The van der Waals surface area contributed by atoms with E-state index in [1.54, 1.807) is 17.9 Å². The molecule has 3 aromatic rings. The van der Waals surface area contributed by atoms with Crippen molar-refractivity contribution in [3.63, 3.8) is 0 Å². The predicted molar refractivity (Wildman–Crippen MR) is 106 cm³/mol. The van der Waals surface area contributed by atoms with E-state index in [0.717, 1.165) is 23.3 Å². The van der Waals surface area contributed by atoms with Crippen LogP contribution in [-0.2, 0) is 11.2 Å². The average Bonchev–Trinajstić information content (AvgIpc) is 3.04. The molecule has 1 aromatic carbocycles. The fraction of sp³-hybridized carbons (Fsp3) is 0.381. The van der Waals surface area contributed by atoms with Crippen molar-refractivity contribution in [3.8, 4) is 5.75 Å². The summed E-state index contributed by atoms with van der Waals surface area (Å²) in [6.07, 6.45) is 2.84. The second-order valence-corrected chi connectivity index (χ2v) is 7.37. The molecule has 3 heterocycles. The van der Waals surface area contributed by atoms with E-state index in [4.69, 9.17) is 4.74 Å². The van der Waals surface area contributed by atoms with Gasteiger partial charge in [0.15, 0.2) is 5.65 Å². The van der Waals surface area contributed by atoms with Crippen LogP contribution >= 0.6 is 0 Å². The molecule has 146 valence electrons. The monoisotopic (exact) mass is 380 g/mol. The number of aromatic amines is 1. The van der Waals surface area contributed by atoms with Crippen molar-refractivity contribution in [2.24, 2.45) is 5.92 Å². The van der Waals surface area contributed by atoms with Gasteiger partial charge in [-0.2, -0.15) is 0 Å². The zero-order valence-corrected chi connectivity index (χ0v) is 16.1. The molecule has 0 spiro atoms. The fourth-order valence-corrected chi connectivity index (χ4v) is 3.97. The molecule has 1 saturated heterocycles. The summed E-state index contributed by atoms with van der Waals surface area (Å²) in [6.45, 7) is 3.36. The maximum atomic E-state index is 12.9. The van der Waals surface area contributed by atoms with Crippen molar-refractivity contribution in [1.82, 2.24) is 19.4 Å². The topological polar surface area (TPSA) is 80.2 Å². The molecule has 2 aromatic heterocycles. The molecule has 0 radical (unpaired) electrons. The summed E-state index contributed by atoms with van der Waals surface area (Å²) in [5.41, 5.74) is 2.12. The lowest BCUT2D eigenvalue weighted by Gasteiger charge is -2.37. The van der Waals surface area contributed by atoms with Crippen molar-refractivity contribution in [3.05, 3.63) is 58.6 Å². The lowest BCUT2D eigenvalue weighted by Crippen LogP contribution is -2.46. The van der Waals surface area contributed by atoms with Crippen molar-refractivity contribution >= 4 is 17.1 Å². The Morgan fingerprint density at radius 1 is 1.32 bits per heavy atom. The molecular weight excluding hydrogens is 356 g/mol. The lowest BCUT2D eigenvalue weighted by molar-refractivity contribution is -0.132. The molecule has 7 heteroatoms. The number of ether oxygens (including phenoxy) is 1. The average molecular weight is 380 g/mol. The first-order valence-electron chi connectivity index (χ1n) is 9.52. The highest BCUT2D eigenvalue weighted by Gasteiger charge is 2.32. The molecule has 0 aliphatic carbocycles.